The molecule has 1 unspecified atom stereocenters. The fraction of sp³-hybridized carbons (Fsp3) is 0.500. The van der Waals surface area contributed by atoms with Crippen LogP contribution in [0.25, 0.3) is 0 Å². The molecule has 0 saturated heterocycles. The monoisotopic (exact) mass is 523 g/mol. The molecule has 0 aliphatic heterocycles. The van der Waals surface area contributed by atoms with Crippen molar-refractivity contribution in [3.63, 3.8) is 0 Å². The average molecular weight is 524 g/mol. The van der Waals surface area contributed by atoms with Gasteiger partial charge in [0, 0.05) is 31.2 Å². The van der Waals surface area contributed by atoms with E-state index in [4.69, 9.17) is 9.72 Å². The molecule has 3 heteroatoms. The number of aryl methyl sites for hydroxylation is 5. The first-order chi connectivity index (χ1) is 18.9. The molecule has 1 heterocycles. The third-order valence-electron chi connectivity index (χ3n) is 9.26. The van der Waals surface area contributed by atoms with Gasteiger partial charge in [0.15, 0.2) is 0 Å². The van der Waals surface area contributed by atoms with Crippen LogP contribution in [-0.4, -0.2) is 17.1 Å². The van der Waals surface area contributed by atoms with Crippen molar-refractivity contribution >= 4 is 5.97 Å². The van der Waals surface area contributed by atoms with Crippen LogP contribution in [0.1, 0.15) is 108 Å². The van der Waals surface area contributed by atoms with Gasteiger partial charge >= 0.3 is 5.97 Å². The summed E-state index contributed by atoms with van der Waals surface area (Å²) in [5.41, 5.74) is 14.4. The standard InChI is InChI=1S/C36H45NO2/c1-5-31-34-21-27(19-20-30(34)22-36(31)39-26(4)38)11-8-18-35-25(3)32(24(2)23-37-35)17-10-15-29-14-9-13-28-12-6-7-16-33(28)29/h9,13-14,19-21,23,31,36H,5-8,10-12,15-18,22H2,1-4H3/t31-,36?/m1/s1. The van der Waals surface area contributed by atoms with Gasteiger partial charge in [0.1, 0.15) is 6.10 Å². The van der Waals surface area contributed by atoms with E-state index >= 15 is 0 Å². The van der Waals surface area contributed by atoms with Crippen LogP contribution in [-0.2, 0) is 54.5 Å². The molecule has 0 spiro atoms. The minimum Gasteiger partial charge on any atom is -0.462 e. The predicted molar refractivity (Wildman–Crippen MR) is 160 cm³/mol. The first kappa shape index (κ1) is 27.6. The van der Waals surface area contributed by atoms with Crippen molar-refractivity contribution in [3.8, 4) is 0 Å². The summed E-state index contributed by atoms with van der Waals surface area (Å²) in [5.74, 6) is 0.139. The van der Waals surface area contributed by atoms with E-state index in [0.29, 0.717) is 5.92 Å². The van der Waals surface area contributed by atoms with Crippen LogP contribution in [0.4, 0.5) is 0 Å². The molecule has 0 amide bonds. The Morgan fingerprint density at radius 3 is 2.62 bits per heavy atom. The van der Waals surface area contributed by atoms with Crippen LogP contribution in [0.15, 0.2) is 42.6 Å². The Bertz CT molecular complexity index is 1320. The minimum atomic E-state index is -0.175. The van der Waals surface area contributed by atoms with E-state index in [-0.39, 0.29) is 12.1 Å². The summed E-state index contributed by atoms with van der Waals surface area (Å²) in [6.45, 7) is 8.22. The molecule has 2 aliphatic carbocycles. The molecule has 0 radical (unpaired) electrons. The van der Waals surface area contributed by atoms with Gasteiger partial charge in [-0.2, -0.15) is 0 Å². The van der Waals surface area contributed by atoms with Crippen LogP contribution in [0, 0.1) is 13.8 Å². The van der Waals surface area contributed by atoms with Crippen molar-refractivity contribution < 1.29 is 9.53 Å². The zero-order valence-corrected chi connectivity index (χ0v) is 24.4. The predicted octanol–water partition coefficient (Wildman–Crippen LogP) is 7.91. The highest BCUT2D eigenvalue weighted by Gasteiger charge is 2.33. The van der Waals surface area contributed by atoms with E-state index in [1.165, 1.54) is 84.5 Å². The van der Waals surface area contributed by atoms with Crippen LogP contribution >= 0.6 is 0 Å². The summed E-state index contributed by atoms with van der Waals surface area (Å²) in [4.78, 5) is 16.4. The highest BCUT2D eigenvalue weighted by atomic mass is 16.5. The van der Waals surface area contributed by atoms with Gasteiger partial charge < -0.3 is 4.74 Å². The number of hydrogen-bond donors (Lipinski definition) is 0. The van der Waals surface area contributed by atoms with Gasteiger partial charge in [0.2, 0.25) is 0 Å². The SMILES string of the molecule is CC[C@@H]1c2cc(CCCc3ncc(C)c(CCCc4cccc5c4CCCC5)c3C)ccc2CC1OC(C)=O. The fourth-order valence-electron chi connectivity index (χ4n) is 7.18. The van der Waals surface area contributed by atoms with Gasteiger partial charge in [-0.25, -0.2) is 0 Å². The molecule has 0 fully saturated rings. The molecule has 2 aromatic carbocycles. The number of ether oxygens (including phenoxy) is 1. The highest BCUT2D eigenvalue weighted by Crippen LogP contribution is 2.38. The summed E-state index contributed by atoms with van der Waals surface area (Å²) in [6, 6.07) is 13.9. The first-order valence-electron chi connectivity index (χ1n) is 15.3. The first-order valence-corrected chi connectivity index (χ1v) is 15.3. The number of carbonyl (C=O) groups excluding carboxylic acids is 1. The summed E-state index contributed by atoms with van der Waals surface area (Å²) in [7, 11) is 0. The van der Waals surface area contributed by atoms with E-state index < -0.39 is 0 Å². The number of fused-ring (bicyclic) bond motifs is 2. The average Bonchev–Trinajstić information content (AvgIpc) is 3.27. The highest BCUT2D eigenvalue weighted by molar-refractivity contribution is 5.66. The molecular formula is C36H45NO2. The van der Waals surface area contributed by atoms with Gasteiger partial charge in [-0.3, -0.25) is 9.78 Å². The van der Waals surface area contributed by atoms with Crippen LogP contribution in [0.2, 0.25) is 0 Å². The van der Waals surface area contributed by atoms with Gasteiger partial charge in [-0.05, 0) is 135 Å². The van der Waals surface area contributed by atoms with E-state index in [2.05, 4.69) is 63.4 Å². The Balaban J connectivity index is 1.19. The molecule has 206 valence electrons. The second kappa shape index (κ2) is 12.5. The van der Waals surface area contributed by atoms with Gasteiger partial charge in [-0.15, -0.1) is 0 Å². The number of rotatable bonds is 10. The van der Waals surface area contributed by atoms with Crippen molar-refractivity contribution in [2.24, 2.45) is 0 Å². The van der Waals surface area contributed by atoms with Gasteiger partial charge in [0.05, 0.1) is 0 Å². The molecule has 3 nitrogen and oxygen atoms in total. The largest absolute Gasteiger partial charge is 0.462 e. The zero-order valence-electron chi connectivity index (χ0n) is 24.4. The molecular weight excluding hydrogens is 478 g/mol. The molecule has 0 N–H and O–H groups in total. The number of aromatic nitrogens is 1. The summed E-state index contributed by atoms with van der Waals surface area (Å²) in [6.07, 6.45) is 15.8. The van der Waals surface area contributed by atoms with Crippen LogP contribution in [0.3, 0.4) is 0 Å². The lowest BCUT2D eigenvalue weighted by atomic mass is 9.86. The van der Waals surface area contributed by atoms with Crippen molar-refractivity contribution in [2.45, 2.75) is 117 Å². The molecule has 39 heavy (non-hydrogen) atoms. The van der Waals surface area contributed by atoms with E-state index in [0.717, 1.165) is 38.5 Å². The summed E-state index contributed by atoms with van der Waals surface area (Å²) >= 11 is 0. The fourth-order valence-corrected chi connectivity index (χ4v) is 7.18. The molecule has 3 aromatic rings. The lowest BCUT2D eigenvalue weighted by Gasteiger charge is -2.20. The van der Waals surface area contributed by atoms with E-state index in [1.807, 2.05) is 0 Å². The van der Waals surface area contributed by atoms with Crippen LogP contribution < -0.4 is 0 Å². The molecule has 2 atom stereocenters. The maximum absolute atomic E-state index is 11.6. The maximum Gasteiger partial charge on any atom is 0.302 e. The summed E-state index contributed by atoms with van der Waals surface area (Å²) in [5, 5.41) is 0. The van der Waals surface area contributed by atoms with E-state index in [9.17, 15) is 4.79 Å². The topological polar surface area (TPSA) is 39.2 Å². The zero-order chi connectivity index (χ0) is 27.4. The van der Waals surface area contributed by atoms with Gasteiger partial charge in [-0.1, -0.05) is 43.3 Å². The maximum atomic E-state index is 11.6. The molecule has 0 bridgehead atoms. The Hall–Kier alpha value is -2.94. The second-order valence-electron chi connectivity index (χ2n) is 11.9. The van der Waals surface area contributed by atoms with Crippen molar-refractivity contribution in [3.05, 3.63) is 98.4 Å². The Labute approximate surface area is 235 Å². The lowest BCUT2D eigenvalue weighted by molar-refractivity contribution is -0.146. The molecule has 2 aliphatic rings. The van der Waals surface area contributed by atoms with Crippen molar-refractivity contribution in [1.82, 2.24) is 4.98 Å². The number of carbonyl (C=O) groups is 1. The number of benzene rings is 2. The smallest absolute Gasteiger partial charge is 0.302 e. The lowest BCUT2D eigenvalue weighted by Crippen LogP contribution is -2.20. The van der Waals surface area contributed by atoms with Crippen molar-refractivity contribution in [2.75, 3.05) is 0 Å². The van der Waals surface area contributed by atoms with Crippen molar-refractivity contribution in [1.29, 1.82) is 0 Å². The third-order valence-corrected chi connectivity index (χ3v) is 9.26. The Morgan fingerprint density at radius 2 is 1.79 bits per heavy atom. The Morgan fingerprint density at radius 1 is 0.974 bits per heavy atom. The quantitative estimate of drug-likeness (QED) is 0.254. The number of esters is 1. The third kappa shape index (κ3) is 6.29. The number of hydrogen-bond acceptors (Lipinski definition) is 3. The van der Waals surface area contributed by atoms with E-state index in [1.54, 1.807) is 16.7 Å². The minimum absolute atomic E-state index is 0.0112. The molecule has 5 rings (SSSR count). The normalized spacial score (nSPS) is 18.1. The summed E-state index contributed by atoms with van der Waals surface area (Å²) < 4.78 is 5.64. The number of nitrogens with zero attached hydrogens (tertiary/aromatic N) is 1. The molecule has 0 saturated carbocycles. The molecule has 1 aromatic heterocycles. The van der Waals surface area contributed by atoms with Gasteiger partial charge in [0.25, 0.3) is 0 Å². The number of pyridine rings is 1. The Kier molecular flexibility index (Phi) is 8.85. The van der Waals surface area contributed by atoms with Crippen LogP contribution in [0.5, 0.6) is 0 Å². The second-order valence-corrected chi connectivity index (χ2v) is 11.9.